The molecule has 1 aliphatic rings. The molecule has 1 aromatic carbocycles. The Morgan fingerprint density at radius 1 is 1.28 bits per heavy atom. The van der Waals surface area contributed by atoms with Crippen LogP contribution >= 0.6 is 0 Å². The fraction of sp³-hybridized carbons (Fsp3) is 0.600. The van der Waals surface area contributed by atoms with Gasteiger partial charge in [-0.2, -0.15) is 0 Å². The topological polar surface area (TPSA) is 15.3 Å². The summed E-state index contributed by atoms with van der Waals surface area (Å²) in [5.74, 6) is -0.112. The number of benzene rings is 1. The third kappa shape index (κ3) is 3.53. The Morgan fingerprint density at radius 2 is 1.94 bits per heavy atom. The highest BCUT2D eigenvalue weighted by molar-refractivity contribution is 5.16. The first kappa shape index (κ1) is 13.5. The van der Waals surface area contributed by atoms with E-state index in [1.165, 1.54) is 18.9 Å². The number of halogens is 1. The summed E-state index contributed by atoms with van der Waals surface area (Å²) in [6.07, 6.45) is 2.43. The first-order valence-electron chi connectivity index (χ1n) is 6.72. The first-order valence-corrected chi connectivity index (χ1v) is 6.72. The molecule has 0 unspecified atom stereocenters. The van der Waals surface area contributed by atoms with E-state index < -0.39 is 0 Å². The van der Waals surface area contributed by atoms with E-state index >= 15 is 0 Å². The maximum absolute atomic E-state index is 13.5. The average Bonchev–Trinajstić information content (AvgIpc) is 2.36. The van der Waals surface area contributed by atoms with Gasteiger partial charge < -0.3 is 10.2 Å². The van der Waals surface area contributed by atoms with Crippen LogP contribution in [0.2, 0.25) is 0 Å². The molecule has 0 saturated carbocycles. The fourth-order valence-electron chi connectivity index (χ4n) is 2.48. The number of nitrogens with one attached hydrogen (secondary N) is 1. The minimum Gasteiger partial charge on any atom is -0.312 e. The molecule has 1 fully saturated rings. The summed E-state index contributed by atoms with van der Waals surface area (Å²) in [6.45, 7) is 6.25. The zero-order valence-electron chi connectivity index (χ0n) is 11.4. The van der Waals surface area contributed by atoms with Gasteiger partial charge in [-0.25, -0.2) is 4.39 Å². The van der Waals surface area contributed by atoms with Crippen LogP contribution in [0.5, 0.6) is 0 Å². The van der Waals surface area contributed by atoms with Gasteiger partial charge in [0.05, 0.1) is 0 Å². The number of hydrogen-bond donors (Lipinski definition) is 1. The molecule has 1 saturated heterocycles. The molecule has 2 nitrogen and oxygen atoms in total. The van der Waals surface area contributed by atoms with Gasteiger partial charge in [-0.05, 0) is 44.5 Å². The number of likely N-dealkylation sites (tertiary alicyclic amines) is 1. The summed E-state index contributed by atoms with van der Waals surface area (Å²) in [5.41, 5.74) is 1.12. The summed E-state index contributed by atoms with van der Waals surface area (Å²) < 4.78 is 13.5. The van der Waals surface area contributed by atoms with E-state index in [1.54, 1.807) is 6.07 Å². The zero-order valence-corrected chi connectivity index (χ0v) is 11.4. The molecule has 1 N–H and O–H groups in total. The maximum Gasteiger partial charge on any atom is 0.127 e. The molecule has 1 aromatic rings. The van der Waals surface area contributed by atoms with Crippen LogP contribution in [0, 0.1) is 11.2 Å². The largest absolute Gasteiger partial charge is 0.312 e. The van der Waals surface area contributed by atoms with Gasteiger partial charge in [-0.1, -0.05) is 25.1 Å². The van der Waals surface area contributed by atoms with Gasteiger partial charge in [0.15, 0.2) is 0 Å². The fourth-order valence-corrected chi connectivity index (χ4v) is 2.48. The molecule has 0 aliphatic carbocycles. The highest BCUT2D eigenvalue weighted by Gasteiger charge is 2.28. The maximum atomic E-state index is 13.5. The van der Waals surface area contributed by atoms with Crippen LogP contribution in [-0.4, -0.2) is 31.6 Å². The normalized spacial score (nSPS) is 19.9. The average molecular weight is 250 g/mol. The van der Waals surface area contributed by atoms with Gasteiger partial charge in [-0.3, -0.25) is 0 Å². The van der Waals surface area contributed by atoms with Gasteiger partial charge in [0.1, 0.15) is 5.82 Å². The molecular weight excluding hydrogens is 227 g/mol. The summed E-state index contributed by atoms with van der Waals surface area (Å²) in [4.78, 5) is 2.37. The second kappa shape index (κ2) is 5.81. The van der Waals surface area contributed by atoms with Crippen molar-refractivity contribution in [2.45, 2.75) is 26.3 Å². The van der Waals surface area contributed by atoms with Gasteiger partial charge in [-0.15, -0.1) is 0 Å². The summed E-state index contributed by atoms with van der Waals surface area (Å²) in [7, 11) is 2.17. The van der Waals surface area contributed by atoms with Crippen LogP contribution in [0.4, 0.5) is 4.39 Å². The van der Waals surface area contributed by atoms with Crippen molar-refractivity contribution in [3.63, 3.8) is 0 Å². The molecule has 18 heavy (non-hydrogen) atoms. The molecule has 0 aromatic heterocycles. The Hall–Kier alpha value is -0.930. The third-order valence-electron chi connectivity index (χ3n) is 4.02. The van der Waals surface area contributed by atoms with Crippen LogP contribution in [0.25, 0.3) is 0 Å². The molecule has 0 bridgehead atoms. The minimum absolute atomic E-state index is 0.112. The number of rotatable bonds is 4. The molecule has 2 rings (SSSR count). The van der Waals surface area contributed by atoms with Crippen molar-refractivity contribution in [2.24, 2.45) is 5.41 Å². The van der Waals surface area contributed by atoms with Crippen molar-refractivity contribution in [1.82, 2.24) is 10.2 Å². The van der Waals surface area contributed by atoms with Gasteiger partial charge in [0.2, 0.25) is 0 Å². The van der Waals surface area contributed by atoms with E-state index in [4.69, 9.17) is 0 Å². The molecule has 1 aliphatic heterocycles. The lowest BCUT2D eigenvalue weighted by atomic mass is 9.80. The van der Waals surface area contributed by atoms with Crippen LogP contribution < -0.4 is 5.32 Å². The summed E-state index contributed by atoms with van der Waals surface area (Å²) in [6, 6.07) is 6.99. The lowest BCUT2D eigenvalue weighted by Crippen LogP contribution is -2.41. The van der Waals surface area contributed by atoms with E-state index in [0.717, 1.165) is 25.2 Å². The van der Waals surface area contributed by atoms with Gasteiger partial charge in [0, 0.05) is 18.7 Å². The van der Waals surface area contributed by atoms with Crippen molar-refractivity contribution in [2.75, 3.05) is 26.7 Å². The van der Waals surface area contributed by atoms with Crippen molar-refractivity contribution < 1.29 is 4.39 Å². The SMILES string of the molecule is CN1CCC(C)(CNCc2ccccc2F)CC1. The van der Waals surface area contributed by atoms with Crippen LogP contribution in [0.15, 0.2) is 24.3 Å². The molecule has 0 radical (unpaired) electrons. The Balaban J connectivity index is 1.80. The van der Waals surface area contributed by atoms with E-state index in [9.17, 15) is 4.39 Å². The summed E-state index contributed by atoms with van der Waals surface area (Å²) >= 11 is 0. The van der Waals surface area contributed by atoms with Crippen molar-refractivity contribution in [3.8, 4) is 0 Å². The smallest absolute Gasteiger partial charge is 0.127 e. The zero-order chi connectivity index (χ0) is 13.0. The van der Waals surface area contributed by atoms with E-state index in [0.29, 0.717) is 12.0 Å². The highest BCUT2D eigenvalue weighted by Crippen LogP contribution is 2.29. The van der Waals surface area contributed by atoms with Gasteiger partial charge >= 0.3 is 0 Å². The Morgan fingerprint density at radius 3 is 2.61 bits per heavy atom. The highest BCUT2D eigenvalue weighted by atomic mass is 19.1. The molecular formula is C15H23FN2. The van der Waals surface area contributed by atoms with Crippen molar-refractivity contribution in [3.05, 3.63) is 35.6 Å². The lowest BCUT2D eigenvalue weighted by molar-refractivity contribution is 0.136. The monoisotopic (exact) mass is 250 g/mol. The van der Waals surface area contributed by atoms with Crippen molar-refractivity contribution in [1.29, 1.82) is 0 Å². The molecule has 0 amide bonds. The molecule has 0 spiro atoms. The lowest BCUT2D eigenvalue weighted by Gasteiger charge is -2.38. The quantitative estimate of drug-likeness (QED) is 0.884. The predicted molar refractivity (Wildman–Crippen MR) is 72.9 cm³/mol. The number of nitrogens with zero attached hydrogens (tertiary/aromatic N) is 1. The number of piperidine rings is 1. The predicted octanol–water partition coefficient (Wildman–Crippen LogP) is 2.65. The van der Waals surface area contributed by atoms with Crippen molar-refractivity contribution >= 4 is 0 Å². The molecule has 3 heteroatoms. The standard InChI is InChI=1S/C15H23FN2/c1-15(7-9-18(2)10-8-15)12-17-11-13-5-3-4-6-14(13)16/h3-6,17H,7-12H2,1-2H3. The van der Waals surface area contributed by atoms with E-state index in [-0.39, 0.29) is 5.82 Å². The number of hydrogen-bond acceptors (Lipinski definition) is 2. The Bertz CT molecular complexity index is 384. The van der Waals surface area contributed by atoms with Crippen LogP contribution in [-0.2, 0) is 6.54 Å². The molecule has 1 heterocycles. The van der Waals surface area contributed by atoms with Crippen LogP contribution in [0.3, 0.4) is 0 Å². The third-order valence-corrected chi connectivity index (χ3v) is 4.02. The van der Waals surface area contributed by atoms with E-state index in [2.05, 4.69) is 24.2 Å². The van der Waals surface area contributed by atoms with Gasteiger partial charge in [0.25, 0.3) is 0 Å². The second-order valence-electron chi connectivity index (χ2n) is 5.81. The molecule has 0 atom stereocenters. The minimum atomic E-state index is -0.112. The second-order valence-corrected chi connectivity index (χ2v) is 5.81. The van der Waals surface area contributed by atoms with E-state index in [1.807, 2.05) is 12.1 Å². The first-order chi connectivity index (χ1) is 8.59. The molecule has 100 valence electrons. The Kier molecular flexibility index (Phi) is 4.36. The Labute approximate surface area is 109 Å². The van der Waals surface area contributed by atoms with Crippen LogP contribution in [0.1, 0.15) is 25.3 Å². The summed E-state index contributed by atoms with van der Waals surface area (Å²) in [5, 5.41) is 3.41.